The van der Waals surface area contributed by atoms with Crippen molar-refractivity contribution in [2.24, 2.45) is 0 Å². The zero-order valence-corrected chi connectivity index (χ0v) is 14.4. The largest absolute Gasteiger partial charge is 0.340 e. The summed E-state index contributed by atoms with van der Waals surface area (Å²) in [5.74, 6) is -0.0427. The van der Waals surface area contributed by atoms with Gasteiger partial charge in [0.15, 0.2) is 0 Å². The van der Waals surface area contributed by atoms with E-state index in [2.05, 4.69) is 5.32 Å². The molecule has 25 heavy (non-hydrogen) atoms. The lowest BCUT2D eigenvalue weighted by Crippen LogP contribution is -2.28. The van der Waals surface area contributed by atoms with E-state index in [4.69, 9.17) is 0 Å². The minimum absolute atomic E-state index is 0.0427. The monoisotopic (exact) mass is 343 g/mol. The summed E-state index contributed by atoms with van der Waals surface area (Å²) in [4.78, 5) is 13.6. The molecule has 4 aromatic rings. The first kappa shape index (κ1) is 15.6. The molecule has 0 saturated heterocycles. The van der Waals surface area contributed by atoms with Crippen LogP contribution in [-0.2, 0) is 0 Å². The highest BCUT2D eigenvalue weighted by molar-refractivity contribution is 7.20. The Balaban J connectivity index is 1.67. The minimum Gasteiger partial charge on any atom is -0.340 e. The van der Waals surface area contributed by atoms with Crippen molar-refractivity contribution in [2.75, 3.05) is 0 Å². The Labute approximate surface area is 150 Å². The second-order valence-corrected chi connectivity index (χ2v) is 6.96. The molecule has 0 bridgehead atoms. The fourth-order valence-electron chi connectivity index (χ4n) is 2.95. The van der Waals surface area contributed by atoms with Crippen molar-refractivity contribution in [3.8, 4) is 0 Å². The quantitative estimate of drug-likeness (QED) is 0.526. The Kier molecular flexibility index (Phi) is 4.32. The Morgan fingerprint density at radius 2 is 1.32 bits per heavy atom. The van der Waals surface area contributed by atoms with Gasteiger partial charge in [0.1, 0.15) is 0 Å². The lowest BCUT2D eigenvalue weighted by molar-refractivity contribution is 0.0947. The summed E-state index contributed by atoms with van der Waals surface area (Å²) >= 11 is 1.53. The average Bonchev–Trinajstić information content (AvgIpc) is 3.12. The first-order chi connectivity index (χ1) is 12.3. The Bertz CT molecular complexity index is 920. The van der Waals surface area contributed by atoms with Crippen LogP contribution in [0.25, 0.3) is 10.1 Å². The molecule has 0 fully saturated rings. The van der Waals surface area contributed by atoms with Gasteiger partial charge in [0.2, 0.25) is 0 Å². The molecular weight excluding hydrogens is 326 g/mol. The molecule has 122 valence electrons. The van der Waals surface area contributed by atoms with Crippen molar-refractivity contribution in [2.45, 2.75) is 6.04 Å². The van der Waals surface area contributed by atoms with E-state index in [1.54, 1.807) is 0 Å². The van der Waals surface area contributed by atoms with E-state index in [1.807, 2.05) is 91.0 Å². The number of amides is 1. The van der Waals surface area contributed by atoms with Crippen molar-refractivity contribution < 1.29 is 4.79 Å². The molecule has 2 nitrogen and oxygen atoms in total. The number of carbonyl (C=O) groups excluding carboxylic acids is 1. The summed E-state index contributed by atoms with van der Waals surface area (Å²) in [6, 6.07) is 30.0. The normalized spacial score (nSPS) is 10.9. The van der Waals surface area contributed by atoms with Gasteiger partial charge in [-0.15, -0.1) is 11.3 Å². The summed E-state index contributed by atoms with van der Waals surface area (Å²) in [5.41, 5.74) is 2.14. The van der Waals surface area contributed by atoms with E-state index in [-0.39, 0.29) is 11.9 Å². The second kappa shape index (κ2) is 6.91. The fraction of sp³-hybridized carbons (Fsp3) is 0.0455. The standard InChI is InChI=1S/C22H17NOS/c24-22(20-15-18-13-7-8-14-19(18)25-20)23-21(16-9-3-1-4-10-16)17-11-5-2-6-12-17/h1-15,21H,(H,23,24). The van der Waals surface area contributed by atoms with Gasteiger partial charge in [-0.2, -0.15) is 0 Å². The predicted octanol–water partition coefficient (Wildman–Crippen LogP) is 5.42. The maximum absolute atomic E-state index is 12.9. The number of thiophene rings is 1. The van der Waals surface area contributed by atoms with E-state index >= 15 is 0 Å². The van der Waals surface area contributed by atoms with Crippen LogP contribution in [0.3, 0.4) is 0 Å². The molecule has 1 amide bonds. The molecule has 1 heterocycles. The Morgan fingerprint density at radius 1 is 0.760 bits per heavy atom. The first-order valence-corrected chi connectivity index (χ1v) is 9.02. The van der Waals surface area contributed by atoms with Crippen LogP contribution in [0.4, 0.5) is 0 Å². The molecule has 0 aliphatic heterocycles. The predicted molar refractivity (Wildman–Crippen MR) is 104 cm³/mol. The van der Waals surface area contributed by atoms with Gasteiger partial charge in [-0.3, -0.25) is 4.79 Å². The Morgan fingerprint density at radius 3 is 1.92 bits per heavy atom. The topological polar surface area (TPSA) is 29.1 Å². The molecule has 0 unspecified atom stereocenters. The summed E-state index contributed by atoms with van der Waals surface area (Å²) in [7, 11) is 0. The first-order valence-electron chi connectivity index (χ1n) is 8.20. The summed E-state index contributed by atoms with van der Waals surface area (Å²) in [6.07, 6.45) is 0. The van der Waals surface area contributed by atoms with Gasteiger partial charge in [0, 0.05) is 4.70 Å². The molecule has 0 aliphatic carbocycles. The lowest BCUT2D eigenvalue weighted by Gasteiger charge is -2.19. The smallest absolute Gasteiger partial charge is 0.262 e. The van der Waals surface area contributed by atoms with Gasteiger partial charge in [0.25, 0.3) is 5.91 Å². The third-order valence-corrected chi connectivity index (χ3v) is 5.31. The van der Waals surface area contributed by atoms with Crippen molar-refractivity contribution >= 4 is 27.3 Å². The van der Waals surface area contributed by atoms with E-state index < -0.39 is 0 Å². The highest BCUT2D eigenvalue weighted by Crippen LogP contribution is 2.27. The molecule has 0 radical (unpaired) electrons. The zero-order valence-electron chi connectivity index (χ0n) is 13.6. The van der Waals surface area contributed by atoms with Crippen LogP contribution in [0.2, 0.25) is 0 Å². The maximum atomic E-state index is 12.9. The van der Waals surface area contributed by atoms with Gasteiger partial charge < -0.3 is 5.32 Å². The minimum atomic E-state index is -0.167. The number of hydrogen-bond donors (Lipinski definition) is 1. The van der Waals surface area contributed by atoms with Crippen molar-refractivity contribution in [3.05, 3.63) is 107 Å². The van der Waals surface area contributed by atoms with Crippen molar-refractivity contribution in [1.29, 1.82) is 0 Å². The van der Waals surface area contributed by atoms with Gasteiger partial charge in [0.05, 0.1) is 10.9 Å². The van der Waals surface area contributed by atoms with Crippen LogP contribution in [0.1, 0.15) is 26.8 Å². The van der Waals surface area contributed by atoms with Crippen LogP contribution in [0.15, 0.2) is 91.0 Å². The molecule has 0 atom stereocenters. The van der Waals surface area contributed by atoms with E-state index in [0.29, 0.717) is 0 Å². The van der Waals surface area contributed by atoms with Crippen molar-refractivity contribution in [3.63, 3.8) is 0 Å². The summed E-state index contributed by atoms with van der Waals surface area (Å²) in [6.45, 7) is 0. The number of rotatable bonds is 4. The molecule has 3 heteroatoms. The molecule has 1 aromatic heterocycles. The van der Waals surface area contributed by atoms with Crippen LogP contribution >= 0.6 is 11.3 Å². The van der Waals surface area contributed by atoms with Crippen LogP contribution in [0, 0.1) is 0 Å². The molecule has 1 N–H and O–H groups in total. The third-order valence-electron chi connectivity index (χ3n) is 4.19. The van der Waals surface area contributed by atoms with Crippen LogP contribution in [-0.4, -0.2) is 5.91 Å². The number of carbonyl (C=O) groups is 1. The van der Waals surface area contributed by atoms with Crippen LogP contribution in [0.5, 0.6) is 0 Å². The summed E-state index contributed by atoms with van der Waals surface area (Å²) in [5, 5.41) is 4.30. The molecule has 0 aliphatic rings. The van der Waals surface area contributed by atoms with Gasteiger partial charge >= 0.3 is 0 Å². The Hall–Kier alpha value is -2.91. The van der Waals surface area contributed by atoms with E-state index in [1.165, 1.54) is 11.3 Å². The third kappa shape index (κ3) is 3.32. The van der Waals surface area contributed by atoms with Crippen molar-refractivity contribution in [1.82, 2.24) is 5.32 Å². The zero-order chi connectivity index (χ0) is 17.1. The number of nitrogens with one attached hydrogen (secondary N) is 1. The summed E-state index contributed by atoms with van der Waals surface area (Å²) < 4.78 is 1.13. The van der Waals surface area contributed by atoms with Crippen LogP contribution < -0.4 is 5.32 Å². The SMILES string of the molecule is O=C(NC(c1ccccc1)c1ccccc1)c1cc2ccccc2s1. The van der Waals surface area contributed by atoms with Gasteiger partial charge in [-0.05, 0) is 28.6 Å². The highest BCUT2D eigenvalue weighted by atomic mass is 32.1. The molecule has 3 aromatic carbocycles. The van der Waals surface area contributed by atoms with Gasteiger partial charge in [-0.25, -0.2) is 0 Å². The number of hydrogen-bond acceptors (Lipinski definition) is 2. The van der Waals surface area contributed by atoms with Gasteiger partial charge in [-0.1, -0.05) is 78.9 Å². The number of fused-ring (bicyclic) bond motifs is 1. The average molecular weight is 343 g/mol. The molecule has 0 saturated carbocycles. The maximum Gasteiger partial charge on any atom is 0.262 e. The highest BCUT2D eigenvalue weighted by Gasteiger charge is 2.18. The molecule has 4 rings (SSSR count). The molecular formula is C22H17NOS. The number of benzene rings is 3. The fourth-order valence-corrected chi connectivity index (χ4v) is 3.91. The molecule has 0 spiro atoms. The van der Waals surface area contributed by atoms with E-state index in [0.717, 1.165) is 26.1 Å². The second-order valence-electron chi connectivity index (χ2n) is 5.88. The lowest BCUT2D eigenvalue weighted by atomic mass is 9.98. The van der Waals surface area contributed by atoms with E-state index in [9.17, 15) is 4.79 Å².